The van der Waals surface area contributed by atoms with E-state index in [-0.39, 0.29) is 17.9 Å². The van der Waals surface area contributed by atoms with E-state index in [4.69, 9.17) is 39.8 Å². The van der Waals surface area contributed by atoms with Gasteiger partial charge < -0.3 is 14.6 Å². The summed E-state index contributed by atoms with van der Waals surface area (Å²) in [6, 6.07) is 20.3. The van der Waals surface area contributed by atoms with Crippen LogP contribution in [0.1, 0.15) is 23.5 Å². The number of halogens is 3. The SMILES string of the molecule is Fc1ccc(N2C(=S)NC(c3ccccn3)C2c2ccc(-c3ccc(Cl)cc3Cl)o2)cc1. The highest BCUT2D eigenvalue weighted by Gasteiger charge is 2.42. The van der Waals surface area contributed by atoms with Gasteiger partial charge in [0.15, 0.2) is 5.11 Å². The van der Waals surface area contributed by atoms with Crippen LogP contribution in [0.15, 0.2) is 83.4 Å². The van der Waals surface area contributed by atoms with Crippen molar-refractivity contribution in [2.45, 2.75) is 12.1 Å². The van der Waals surface area contributed by atoms with Crippen LogP contribution in [-0.4, -0.2) is 10.1 Å². The van der Waals surface area contributed by atoms with Gasteiger partial charge in [-0.2, -0.15) is 0 Å². The number of hydrogen-bond donors (Lipinski definition) is 1. The van der Waals surface area contributed by atoms with Gasteiger partial charge in [-0.3, -0.25) is 4.98 Å². The van der Waals surface area contributed by atoms with Crippen molar-refractivity contribution in [3.63, 3.8) is 0 Å². The van der Waals surface area contributed by atoms with Gasteiger partial charge in [-0.15, -0.1) is 0 Å². The molecule has 2 aromatic carbocycles. The molecule has 3 heterocycles. The Kier molecular flexibility index (Phi) is 5.59. The summed E-state index contributed by atoms with van der Waals surface area (Å²) in [7, 11) is 0. The normalized spacial score (nSPS) is 18.1. The topological polar surface area (TPSA) is 41.3 Å². The number of thiocarbonyl (C=S) groups is 1. The van der Waals surface area contributed by atoms with Crippen molar-refractivity contribution < 1.29 is 8.81 Å². The number of nitrogens with zero attached hydrogens (tertiary/aromatic N) is 2. The molecule has 0 spiro atoms. The van der Waals surface area contributed by atoms with Gasteiger partial charge in [0.1, 0.15) is 23.4 Å². The lowest BCUT2D eigenvalue weighted by atomic mass is 10.0. The zero-order chi connectivity index (χ0) is 22.2. The first-order valence-electron chi connectivity index (χ1n) is 9.82. The van der Waals surface area contributed by atoms with Crippen LogP contribution in [0, 0.1) is 5.82 Å². The second-order valence-electron chi connectivity index (χ2n) is 7.30. The average molecular weight is 484 g/mol. The lowest BCUT2D eigenvalue weighted by Gasteiger charge is -2.26. The summed E-state index contributed by atoms with van der Waals surface area (Å²) in [5.41, 5.74) is 2.29. The highest BCUT2D eigenvalue weighted by molar-refractivity contribution is 7.80. The highest BCUT2D eigenvalue weighted by Crippen LogP contribution is 2.43. The Labute approximate surface area is 199 Å². The molecule has 1 aliphatic rings. The molecule has 0 amide bonds. The Bertz CT molecular complexity index is 1280. The van der Waals surface area contributed by atoms with Crippen molar-refractivity contribution in [3.05, 3.63) is 106 Å². The Balaban J connectivity index is 1.60. The molecule has 32 heavy (non-hydrogen) atoms. The Morgan fingerprint density at radius 1 is 1.00 bits per heavy atom. The van der Waals surface area contributed by atoms with E-state index in [1.54, 1.807) is 30.5 Å². The summed E-state index contributed by atoms with van der Waals surface area (Å²) in [5.74, 6) is 0.957. The lowest BCUT2D eigenvalue weighted by Crippen LogP contribution is -2.29. The number of hydrogen-bond acceptors (Lipinski definition) is 3. The average Bonchev–Trinajstić information content (AvgIpc) is 3.39. The zero-order valence-electron chi connectivity index (χ0n) is 16.5. The van der Waals surface area contributed by atoms with Crippen molar-refractivity contribution in [1.82, 2.24) is 10.3 Å². The third-order valence-electron chi connectivity index (χ3n) is 5.32. The highest BCUT2D eigenvalue weighted by atomic mass is 35.5. The molecule has 2 atom stereocenters. The number of pyridine rings is 1. The number of aromatic nitrogens is 1. The number of nitrogens with one attached hydrogen (secondary N) is 1. The fourth-order valence-electron chi connectivity index (χ4n) is 3.87. The molecule has 1 fully saturated rings. The maximum absolute atomic E-state index is 13.6. The van der Waals surface area contributed by atoms with E-state index in [1.807, 2.05) is 41.3 Å². The van der Waals surface area contributed by atoms with E-state index < -0.39 is 0 Å². The zero-order valence-corrected chi connectivity index (χ0v) is 18.8. The quantitative estimate of drug-likeness (QED) is 0.317. The molecule has 1 aliphatic heterocycles. The molecule has 0 saturated carbocycles. The number of rotatable bonds is 4. The number of anilines is 1. The fraction of sp³-hybridized carbons (Fsp3) is 0.0833. The van der Waals surface area contributed by atoms with E-state index in [0.29, 0.717) is 26.7 Å². The molecule has 0 bridgehead atoms. The number of furan rings is 1. The van der Waals surface area contributed by atoms with E-state index in [2.05, 4.69) is 10.3 Å². The van der Waals surface area contributed by atoms with Crippen molar-refractivity contribution in [1.29, 1.82) is 0 Å². The predicted octanol–water partition coefficient (Wildman–Crippen LogP) is 6.96. The first-order chi connectivity index (χ1) is 15.5. The summed E-state index contributed by atoms with van der Waals surface area (Å²) < 4.78 is 19.9. The molecule has 4 nitrogen and oxygen atoms in total. The van der Waals surface area contributed by atoms with E-state index in [1.165, 1.54) is 12.1 Å². The predicted molar refractivity (Wildman–Crippen MR) is 128 cm³/mol. The molecule has 5 rings (SSSR count). The lowest BCUT2D eigenvalue weighted by molar-refractivity contribution is 0.439. The summed E-state index contributed by atoms with van der Waals surface area (Å²) in [4.78, 5) is 6.43. The third-order valence-corrected chi connectivity index (χ3v) is 6.18. The molecule has 0 aliphatic carbocycles. The molecule has 2 unspecified atom stereocenters. The molecule has 160 valence electrons. The smallest absolute Gasteiger partial charge is 0.174 e. The van der Waals surface area contributed by atoms with Gasteiger partial charge >= 0.3 is 0 Å². The van der Waals surface area contributed by atoms with Crippen molar-refractivity contribution in [2.75, 3.05) is 4.90 Å². The number of benzene rings is 2. The Morgan fingerprint density at radius 2 is 1.81 bits per heavy atom. The van der Waals surface area contributed by atoms with E-state index in [0.717, 1.165) is 16.9 Å². The molecule has 2 aromatic heterocycles. The molecule has 1 N–H and O–H groups in total. The third kappa shape index (κ3) is 3.86. The summed E-state index contributed by atoms with van der Waals surface area (Å²) >= 11 is 18.1. The van der Waals surface area contributed by atoms with Gasteiger partial charge in [-0.05, 0) is 78.9 Å². The van der Waals surface area contributed by atoms with Crippen LogP contribution < -0.4 is 10.2 Å². The van der Waals surface area contributed by atoms with E-state index in [9.17, 15) is 4.39 Å². The van der Waals surface area contributed by atoms with E-state index >= 15 is 0 Å². The molecular formula is C24H16Cl2FN3OS. The van der Waals surface area contributed by atoms with Crippen molar-refractivity contribution in [2.24, 2.45) is 0 Å². The Morgan fingerprint density at radius 3 is 2.53 bits per heavy atom. The maximum atomic E-state index is 13.6. The minimum atomic E-state index is -0.345. The molecule has 0 radical (unpaired) electrons. The molecule has 8 heteroatoms. The van der Waals surface area contributed by atoms with Gasteiger partial charge in [0.05, 0.1) is 16.8 Å². The van der Waals surface area contributed by atoms with Crippen LogP contribution in [0.5, 0.6) is 0 Å². The van der Waals surface area contributed by atoms with Crippen molar-refractivity contribution >= 4 is 46.2 Å². The van der Waals surface area contributed by atoms with Gasteiger partial charge in [-0.1, -0.05) is 29.3 Å². The van der Waals surface area contributed by atoms with Crippen LogP contribution in [0.2, 0.25) is 10.0 Å². The van der Waals surface area contributed by atoms with Crippen LogP contribution in [0.25, 0.3) is 11.3 Å². The first kappa shape index (κ1) is 20.9. The minimum Gasteiger partial charge on any atom is -0.459 e. The van der Waals surface area contributed by atoms with Crippen molar-refractivity contribution in [3.8, 4) is 11.3 Å². The second kappa shape index (κ2) is 8.54. The second-order valence-corrected chi connectivity index (χ2v) is 8.53. The van der Waals surface area contributed by atoms with Crippen LogP contribution in [-0.2, 0) is 0 Å². The summed E-state index contributed by atoms with van der Waals surface area (Å²) in [6.07, 6.45) is 1.73. The molecular weight excluding hydrogens is 468 g/mol. The standard InChI is InChI=1S/C24H16Cl2FN3OS/c25-14-4-9-17(18(26)13-14)20-10-11-21(31-20)23-22(19-3-1-2-12-28-19)29-24(32)30(23)16-7-5-15(27)6-8-16/h1-13,22-23H,(H,29,32). The molecule has 1 saturated heterocycles. The Hall–Kier alpha value is -2.93. The minimum absolute atomic E-state index is 0.270. The van der Waals surface area contributed by atoms with Crippen LogP contribution in [0.4, 0.5) is 10.1 Å². The van der Waals surface area contributed by atoms with Gasteiger partial charge in [-0.25, -0.2) is 4.39 Å². The first-order valence-corrected chi connectivity index (χ1v) is 11.0. The fourth-order valence-corrected chi connectivity index (χ4v) is 4.72. The maximum Gasteiger partial charge on any atom is 0.174 e. The molecule has 4 aromatic rings. The van der Waals surface area contributed by atoms with Crippen LogP contribution >= 0.6 is 35.4 Å². The largest absolute Gasteiger partial charge is 0.459 e. The summed E-state index contributed by atoms with van der Waals surface area (Å²) in [6.45, 7) is 0. The van der Waals surface area contributed by atoms with Gasteiger partial charge in [0, 0.05) is 22.5 Å². The van der Waals surface area contributed by atoms with Gasteiger partial charge in [0.2, 0.25) is 0 Å². The van der Waals surface area contributed by atoms with Gasteiger partial charge in [0.25, 0.3) is 0 Å². The monoisotopic (exact) mass is 483 g/mol. The summed E-state index contributed by atoms with van der Waals surface area (Å²) in [5, 5.41) is 4.89. The van der Waals surface area contributed by atoms with Crippen LogP contribution in [0.3, 0.4) is 0 Å².